The van der Waals surface area contributed by atoms with Crippen molar-refractivity contribution in [2.45, 2.75) is 13.3 Å². The molecule has 0 unspecified atom stereocenters. The fourth-order valence-corrected chi connectivity index (χ4v) is 2.90. The first-order valence-corrected chi connectivity index (χ1v) is 9.34. The molecular weight excluding hydrogens is 399 g/mol. The Hall–Kier alpha value is -2.83. The molecule has 0 aliphatic rings. The normalized spacial score (nSPS) is 10.5. The Morgan fingerprint density at radius 3 is 2.50 bits per heavy atom. The number of nitrogens with one attached hydrogen (secondary N) is 2. The molecule has 144 valence electrons. The molecular formula is C20H18Cl2N4O2. The summed E-state index contributed by atoms with van der Waals surface area (Å²) in [5.74, 6) is 0.0395. The first kappa shape index (κ1) is 19.9. The van der Waals surface area contributed by atoms with Crippen LogP contribution >= 0.6 is 23.2 Å². The number of hydrogen-bond acceptors (Lipinski definition) is 3. The number of anilines is 1. The molecule has 0 spiro atoms. The molecule has 0 aliphatic carbocycles. The summed E-state index contributed by atoms with van der Waals surface area (Å²) in [6.45, 7) is 2.04. The zero-order valence-corrected chi connectivity index (χ0v) is 16.6. The first-order valence-electron chi connectivity index (χ1n) is 8.58. The van der Waals surface area contributed by atoms with Crippen molar-refractivity contribution < 1.29 is 9.59 Å². The van der Waals surface area contributed by atoms with E-state index in [1.807, 2.05) is 19.1 Å². The fraction of sp³-hybridized carbons (Fsp3) is 0.150. The highest BCUT2D eigenvalue weighted by molar-refractivity contribution is 6.31. The maximum atomic E-state index is 12.3. The summed E-state index contributed by atoms with van der Waals surface area (Å²) < 4.78 is 1.62. The first-order chi connectivity index (χ1) is 13.4. The van der Waals surface area contributed by atoms with Gasteiger partial charge in [0, 0.05) is 34.6 Å². The SMILES string of the molecule is Cc1cc(NC(=O)CCNC(=O)c2ccc(Cl)cc2)n(-c2cccc(Cl)c2)n1. The Balaban J connectivity index is 1.58. The van der Waals surface area contributed by atoms with E-state index in [9.17, 15) is 9.59 Å². The van der Waals surface area contributed by atoms with Crippen molar-refractivity contribution in [2.24, 2.45) is 0 Å². The summed E-state index contributed by atoms with van der Waals surface area (Å²) >= 11 is 11.8. The van der Waals surface area contributed by atoms with Crippen LogP contribution in [0.4, 0.5) is 5.82 Å². The van der Waals surface area contributed by atoms with E-state index < -0.39 is 0 Å². The van der Waals surface area contributed by atoms with Crippen LogP contribution in [-0.2, 0) is 4.79 Å². The van der Waals surface area contributed by atoms with E-state index in [4.69, 9.17) is 23.2 Å². The zero-order valence-electron chi connectivity index (χ0n) is 15.1. The van der Waals surface area contributed by atoms with E-state index in [0.29, 0.717) is 21.4 Å². The van der Waals surface area contributed by atoms with Gasteiger partial charge in [-0.15, -0.1) is 0 Å². The molecule has 6 nitrogen and oxygen atoms in total. The molecule has 0 atom stereocenters. The highest BCUT2D eigenvalue weighted by Crippen LogP contribution is 2.20. The molecule has 3 rings (SSSR count). The van der Waals surface area contributed by atoms with Gasteiger partial charge in [0.15, 0.2) is 0 Å². The highest BCUT2D eigenvalue weighted by Gasteiger charge is 2.12. The third kappa shape index (κ3) is 5.12. The third-order valence-electron chi connectivity index (χ3n) is 3.90. The predicted octanol–water partition coefficient (Wildman–Crippen LogP) is 4.25. The van der Waals surface area contributed by atoms with E-state index in [0.717, 1.165) is 11.4 Å². The lowest BCUT2D eigenvalue weighted by Gasteiger charge is -2.10. The summed E-state index contributed by atoms with van der Waals surface area (Å²) in [5, 5.41) is 11.1. The number of nitrogens with zero attached hydrogens (tertiary/aromatic N) is 2. The lowest BCUT2D eigenvalue weighted by Crippen LogP contribution is -2.28. The van der Waals surface area contributed by atoms with Crippen LogP contribution in [-0.4, -0.2) is 28.1 Å². The molecule has 0 saturated heterocycles. The molecule has 1 heterocycles. The van der Waals surface area contributed by atoms with Crippen LogP contribution in [0, 0.1) is 6.92 Å². The van der Waals surface area contributed by atoms with Gasteiger partial charge in [-0.25, -0.2) is 4.68 Å². The molecule has 2 aromatic carbocycles. The van der Waals surface area contributed by atoms with Crippen molar-refractivity contribution in [1.82, 2.24) is 15.1 Å². The Kier molecular flexibility index (Phi) is 6.34. The Morgan fingerprint density at radius 2 is 1.79 bits per heavy atom. The average molecular weight is 417 g/mol. The standard InChI is InChI=1S/C20H18Cl2N4O2/c1-13-11-18(26(25-13)17-4-2-3-16(22)12-17)24-19(27)9-10-23-20(28)14-5-7-15(21)8-6-14/h2-8,11-12H,9-10H2,1H3,(H,23,28)(H,24,27). The molecule has 0 radical (unpaired) electrons. The Morgan fingerprint density at radius 1 is 1.04 bits per heavy atom. The maximum Gasteiger partial charge on any atom is 0.251 e. The maximum absolute atomic E-state index is 12.3. The quantitative estimate of drug-likeness (QED) is 0.630. The summed E-state index contributed by atoms with van der Waals surface area (Å²) in [5.41, 5.74) is 1.98. The number of amides is 2. The van der Waals surface area contributed by atoms with Gasteiger partial charge in [-0.1, -0.05) is 29.3 Å². The van der Waals surface area contributed by atoms with Gasteiger partial charge in [0.25, 0.3) is 5.91 Å². The van der Waals surface area contributed by atoms with Gasteiger partial charge in [-0.3, -0.25) is 9.59 Å². The minimum absolute atomic E-state index is 0.124. The van der Waals surface area contributed by atoms with E-state index in [1.54, 1.807) is 47.1 Å². The molecule has 0 bridgehead atoms. The van der Waals surface area contributed by atoms with Crippen molar-refractivity contribution in [2.75, 3.05) is 11.9 Å². The van der Waals surface area contributed by atoms with Gasteiger partial charge in [0.1, 0.15) is 5.82 Å². The number of aromatic nitrogens is 2. The monoisotopic (exact) mass is 416 g/mol. The lowest BCUT2D eigenvalue weighted by molar-refractivity contribution is -0.116. The van der Waals surface area contributed by atoms with Crippen molar-refractivity contribution in [3.8, 4) is 5.69 Å². The second-order valence-corrected chi connectivity index (χ2v) is 7.00. The van der Waals surface area contributed by atoms with E-state index >= 15 is 0 Å². The molecule has 28 heavy (non-hydrogen) atoms. The van der Waals surface area contributed by atoms with Crippen molar-refractivity contribution in [3.05, 3.63) is 75.9 Å². The Bertz CT molecular complexity index is 1000. The second kappa shape index (κ2) is 8.91. The van der Waals surface area contributed by atoms with E-state index in [2.05, 4.69) is 15.7 Å². The van der Waals surface area contributed by atoms with Gasteiger partial charge >= 0.3 is 0 Å². The minimum atomic E-state index is -0.260. The second-order valence-electron chi connectivity index (χ2n) is 6.12. The number of hydrogen-bond donors (Lipinski definition) is 2. The van der Waals surface area contributed by atoms with Crippen molar-refractivity contribution in [1.29, 1.82) is 0 Å². The Labute approximate surface area is 172 Å². The number of aryl methyl sites for hydroxylation is 1. The molecule has 3 aromatic rings. The summed E-state index contributed by atoms with van der Waals surface area (Å²) in [6, 6.07) is 15.5. The molecule has 2 amide bonds. The van der Waals surface area contributed by atoms with Crippen molar-refractivity contribution >= 4 is 40.8 Å². The number of carbonyl (C=O) groups excluding carboxylic acids is 2. The number of carbonyl (C=O) groups is 2. The van der Waals surface area contributed by atoms with Gasteiger partial charge in [0.2, 0.25) is 5.91 Å². The zero-order chi connectivity index (χ0) is 20.1. The van der Waals surface area contributed by atoms with Crippen LogP contribution in [0.3, 0.4) is 0 Å². The number of benzene rings is 2. The molecule has 0 fully saturated rings. The summed E-state index contributed by atoms with van der Waals surface area (Å²) in [6.07, 6.45) is 0.124. The van der Waals surface area contributed by atoms with Crippen LogP contribution in [0.5, 0.6) is 0 Å². The highest BCUT2D eigenvalue weighted by atomic mass is 35.5. The summed E-state index contributed by atoms with van der Waals surface area (Å²) in [4.78, 5) is 24.3. The molecule has 0 saturated carbocycles. The van der Waals surface area contributed by atoms with Crippen LogP contribution in [0.2, 0.25) is 10.0 Å². The van der Waals surface area contributed by atoms with Crippen LogP contribution in [0.25, 0.3) is 5.69 Å². The van der Waals surface area contributed by atoms with Crippen LogP contribution in [0.1, 0.15) is 22.5 Å². The third-order valence-corrected chi connectivity index (χ3v) is 4.38. The largest absolute Gasteiger partial charge is 0.352 e. The molecule has 1 aromatic heterocycles. The number of rotatable bonds is 6. The topological polar surface area (TPSA) is 76.0 Å². The average Bonchev–Trinajstić information content (AvgIpc) is 3.02. The van der Waals surface area contributed by atoms with Crippen LogP contribution in [0.15, 0.2) is 54.6 Å². The number of halogens is 2. The van der Waals surface area contributed by atoms with Gasteiger partial charge in [0.05, 0.1) is 11.4 Å². The van der Waals surface area contributed by atoms with Gasteiger partial charge in [-0.05, 0) is 49.4 Å². The van der Waals surface area contributed by atoms with Gasteiger partial charge in [-0.2, -0.15) is 5.10 Å². The van der Waals surface area contributed by atoms with Gasteiger partial charge < -0.3 is 10.6 Å². The predicted molar refractivity (Wildman–Crippen MR) is 110 cm³/mol. The molecule has 0 aliphatic heterocycles. The van der Waals surface area contributed by atoms with E-state index in [-0.39, 0.29) is 24.8 Å². The lowest BCUT2D eigenvalue weighted by atomic mass is 10.2. The molecule has 2 N–H and O–H groups in total. The van der Waals surface area contributed by atoms with Crippen LogP contribution < -0.4 is 10.6 Å². The smallest absolute Gasteiger partial charge is 0.251 e. The van der Waals surface area contributed by atoms with E-state index in [1.165, 1.54) is 0 Å². The minimum Gasteiger partial charge on any atom is -0.352 e. The fourth-order valence-electron chi connectivity index (χ4n) is 2.59. The molecule has 8 heteroatoms. The van der Waals surface area contributed by atoms with Crippen molar-refractivity contribution in [3.63, 3.8) is 0 Å². The summed E-state index contributed by atoms with van der Waals surface area (Å²) in [7, 11) is 0.